The van der Waals surface area contributed by atoms with Crippen LogP contribution in [-0.4, -0.2) is 32.1 Å². The van der Waals surface area contributed by atoms with Crippen molar-refractivity contribution in [2.75, 3.05) is 25.6 Å². The van der Waals surface area contributed by atoms with Crippen molar-refractivity contribution in [3.8, 4) is 21.9 Å². The molecule has 30 heavy (non-hydrogen) atoms. The van der Waals surface area contributed by atoms with Gasteiger partial charge in [-0.2, -0.15) is 0 Å². The molecular formula is C23H24N2O4S. The molecule has 0 spiro atoms. The van der Waals surface area contributed by atoms with Crippen LogP contribution >= 0.6 is 11.3 Å². The van der Waals surface area contributed by atoms with E-state index in [0.29, 0.717) is 28.7 Å². The number of methoxy groups -OCH3 is 1. The van der Waals surface area contributed by atoms with E-state index in [1.54, 1.807) is 13.2 Å². The highest BCUT2D eigenvalue weighted by Crippen LogP contribution is 2.36. The molecule has 3 rings (SSSR count). The van der Waals surface area contributed by atoms with Crippen LogP contribution in [0.15, 0.2) is 54.6 Å². The van der Waals surface area contributed by atoms with E-state index in [2.05, 4.69) is 10.6 Å². The van der Waals surface area contributed by atoms with Crippen LogP contribution in [0.2, 0.25) is 0 Å². The summed E-state index contributed by atoms with van der Waals surface area (Å²) in [5, 5.41) is 5.45. The number of hydrogen-bond donors (Lipinski definition) is 2. The lowest BCUT2D eigenvalue weighted by Crippen LogP contribution is -2.32. The van der Waals surface area contributed by atoms with Crippen LogP contribution < -0.4 is 20.1 Å². The molecule has 0 atom stereocenters. The lowest BCUT2D eigenvalue weighted by Gasteiger charge is -2.11. The second-order valence-electron chi connectivity index (χ2n) is 6.54. The Morgan fingerprint density at radius 3 is 2.50 bits per heavy atom. The summed E-state index contributed by atoms with van der Waals surface area (Å²) in [6.45, 7) is 4.07. The molecule has 1 aromatic heterocycles. The van der Waals surface area contributed by atoms with E-state index in [1.165, 1.54) is 11.3 Å². The first-order chi connectivity index (χ1) is 14.5. The summed E-state index contributed by atoms with van der Waals surface area (Å²) in [5.74, 6) is 0.381. The number of carbonyl (C=O) groups is 2. The van der Waals surface area contributed by atoms with Gasteiger partial charge in [-0.15, -0.1) is 11.3 Å². The third-order valence-electron chi connectivity index (χ3n) is 4.30. The summed E-state index contributed by atoms with van der Waals surface area (Å²) >= 11 is 1.34. The van der Waals surface area contributed by atoms with E-state index in [-0.39, 0.29) is 18.4 Å². The maximum absolute atomic E-state index is 12.7. The molecule has 2 aromatic carbocycles. The normalized spacial score (nSPS) is 10.4. The number of rotatable bonds is 8. The van der Waals surface area contributed by atoms with E-state index < -0.39 is 0 Å². The molecule has 0 unspecified atom stereocenters. The van der Waals surface area contributed by atoms with Gasteiger partial charge in [-0.25, -0.2) is 0 Å². The molecule has 7 heteroatoms. The fourth-order valence-corrected chi connectivity index (χ4v) is 3.92. The minimum absolute atomic E-state index is 0.167. The fraction of sp³-hybridized carbons (Fsp3) is 0.217. The second-order valence-corrected chi connectivity index (χ2v) is 7.59. The topological polar surface area (TPSA) is 76.7 Å². The Hall–Kier alpha value is -3.32. The van der Waals surface area contributed by atoms with Gasteiger partial charge in [-0.1, -0.05) is 36.4 Å². The molecule has 3 aromatic rings. The summed E-state index contributed by atoms with van der Waals surface area (Å²) in [5.41, 5.74) is 2.56. The van der Waals surface area contributed by atoms with Gasteiger partial charge in [0, 0.05) is 4.88 Å². The summed E-state index contributed by atoms with van der Waals surface area (Å²) in [7, 11) is 1.54. The molecule has 0 aliphatic heterocycles. The SMILES string of the molecule is CCOc1cc(-c2ccccc2)sc1C(=O)NCC(=O)Nc1cc(C)ccc1OC. The first kappa shape index (κ1) is 21.4. The highest BCUT2D eigenvalue weighted by atomic mass is 32.1. The molecule has 6 nitrogen and oxygen atoms in total. The van der Waals surface area contributed by atoms with Gasteiger partial charge in [0.25, 0.3) is 5.91 Å². The zero-order valence-electron chi connectivity index (χ0n) is 17.2. The molecule has 0 aliphatic rings. The average Bonchev–Trinajstić information content (AvgIpc) is 3.17. The number of aryl methyl sites for hydroxylation is 1. The number of hydrogen-bond acceptors (Lipinski definition) is 5. The van der Waals surface area contributed by atoms with Crippen molar-refractivity contribution in [3.05, 3.63) is 65.0 Å². The lowest BCUT2D eigenvalue weighted by atomic mass is 10.2. The van der Waals surface area contributed by atoms with Crippen LogP contribution in [0, 0.1) is 6.92 Å². The van der Waals surface area contributed by atoms with Crippen LogP contribution in [0.1, 0.15) is 22.2 Å². The molecule has 0 radical (unpaired) electrons. The lowest BCUT2D eigenvalue weighted by molar-refractivity contribution is -0.115. The van der Waals surface area contributed by atoms with E-state index >= 15 is 0 Å². The first-order valence-corrected chi connectivity index (χ1v) is 10.4. The number of benzene rings is 2. The van der Waals surface area contributed by atoms with Crippen LogP contribution in [0.4, 0.5) is 5.69 Å². The Bertz CT molecular complexity index is 1030. The number of thiophene rings is 1. The minimum Gasteiger partial charge on any atom is -0.495 e. The van der Waals surface area contributed by atoms with E-state index in [0.717, 1.165) is 16.0 Å². The van der Waals surface area contributed by atoms with Crippen molar-refractivity contribution in [2.45, 2.75) is 13.8 Å². The van der Waals surface area contributed by atoms with Crippen molar-refractivity contribution in [1.29, 1.82) is 0 Å². The van der Waals surface area contributed by atoms with Gasteiger partial charge >= 0.3 is 0 Å². The van der Waals surface area contributed by atoms with E-state index in [4.69, 9.17) is 9.47 Å². The summed E-state index contributed by atoms with van der Waals surface area (Å²) in [6, 6.07) is 17.1. The third kappa shape index (κ3) is 5.18. The van der Waals surface area contributed by atoms with Gasteiger partial charge in [0.05, 0.1) is 25.9 Å². The number of ether oxygens (including phenoxy) is 2. The van der Waals surface area contributed by atoms with Crippen molar-refractivity contribution < 1.29 is 19.1 Å². The molecule has 156 valence electrons. The van der Waals surface area contributed by atoms with Gasteiger partial charge in [0.15, 0.2) is 0 Å². The van der Waals surface area contributed by atoms with Crippen molar-refractivity contribution in [3.63, 3.8) is 0 Å². The smallest absolute Gasteiger partial charge is 0.265 e. The number of nitrogens with one attached hydrogen (secondary N) is 2. The molecule has 2 N–H and O–H groups in total. The Balaban J connectivity index is 1.69. The fourth-order valence-electron chi connectivity index (χ4n) is 2.89. The predicted octanol–water partition coefficient (Wildman–Crippen LogP) is 4.50. The van der Waals surface area contributed by atoms with Crippen molar-refractivity contribution >= 4 is 28.8 Å². The number of carbonyl (C=O) groups excluding carboxylic acids is 2. The van der Waals surface area contributed by atoms with Gasteiger partial charge < -0.3 is 20.1 Å². The molecule has 2 amide bonds. The zero-order valence-corrected chi connectivity index (χ0v) is 18.0. The van der Waals surface area contributed by atoms with E-state index in [1.807, 2.05) is 62.4 Å². The standard InChI is InChI=1S/C23H24N2O4S/c1-4-29-19-13-20(16-8-6-5-7-9-16)30-22(19)23(27)24-14-21(26)25-17-12-15(2)10-11-18(17)28-3/h5-13H,4,14H2,1-3H3,(H,24,27)(H,25,26). The summed E-state index contributed by atoms with van der Waals surface area (Å²) in [6.07, 6.45) is 0. The van der Waals surface area contributed by atoms with E-state index in [9.17, 15) is 9.59 Å². The first-order valence-electron chi connectivity index (χ1n) is 9.56. The number of amides is 2. The van der Waals surface area contributed by atoms with Crippen LogP contribution in [0.3, 0.4) is 0 Å². The highest BCUT2D eigenvalue weighted by molar-refractivity contribution is 7.17. The van der Waals surface area contributed by atoms with Crippen LogP contribution in [0.5, 0.6) is 11.5 Å². The van der Waals surface area contributed by atoms with Crippen molar-refractivity contribution in [1.82, 2.24) is 5.32 Å². The Morgan fingerprint density at radius 2 is 1.80 bits per heavy atom. The second kappa shape index (κ2) is 9.93. The molecule has 0 saturated carbocycles. The predicted molar refractivity (Wildman–Crippen MR) is 120 cm³/mol. The molecule has 1 heterocycles. The zero-order chi connectivity index (χ0) is 21.5. The Labute approximate surface area is 179 Å². The van der Waals surface area contributed by atoms with Crippen LogP contribution in [-0.2, 0) is 4.79 Å². The maximum atomic E-state index is 12.7. The molecule has 0 fully saturated rings. The quantitative estimate of drug-likeness (QED) is 0.558. The Morgan fingerprint density at radius 1 is 1.03 bits per heavy atom. The van der Waals surface area contributed by atoms with Crippen LogP contribution in [0.25, 0.3) is 10.4 Å². The molecule has 0 aliphatic carbocycles. The van der Waals surface area contributed by atoms with Crippen molar-refractivity contribution in [2.24, 2.45) is 0 Å². The average molecular weight is 425 g/mol. The summed E-state index contributed by atoms with van der Waals surface area (Å²) in [4.78, 5) is 26.5. The number of anilines is 1. The van der Waals surface area contributed by atoms with Gasteiger partial charge in [0.2, 0.25) is 5.91 Å². The Kier molecular flexibility index (Phi) is 7.08. The van der Waals surface area contributed by atoms with Gasteiger partial charge in [0.1, 0.15) is 16.4 Å². The largest absolute Gasteiger partial charge is 0.495 e. The highest BCUT2D eigenvalue weighted by Gasteiger charge is 2.19. The summed E-state index contributed by atoms with van der Waals surface area (Å²) < 4.78 is 10.9. The third-order valence-corrected chi connectivity index (χ3v) is 5.47. The maximum Gasteiger partial charge on any atom is 0.265 e. The molecule has 0 saturated heterocycles. The minimum atomic E-state index is -0.350. The molecule has 0 bridgehead atoms. The molecular weight excluding hydrogens is 400 g/mol. The van der Waals surface area contributed by atoms with Gasteiger partial charge in [-0.3, -0.25) is 9.59 Å². The van der Waals surface area contributed by atoms with Gasteiger partial charge in [-0.05, 0) is 43.2 Å². The monoisotopic (exact) mass is 424 g/mol.